The molecule has 0 aliphatic carbocycles. The fourth-order valence-corrected chi connectivity index (χ4v) is 7.43. The second kappa shape index (κ2) is 45.9. The summed E-state index contributed by atoms with van der Waals surface area (Å²) in [4.78, 5) is 35.1. The molecule has 0 rings (SSSR count). The molecule has 0 saturated carbocycles. The monoisotopic (exact) mass is 883 g/mol. The van der Waals surface area contributed by atoms with Gasteiger partial charge in [-0.3, -0.25) is 18.6 Å². The van der Waals surface area contributed by atoms with E-state index in [1.807, 2.05) is 0 Å². The average Bonchev–Trinajstić information content (AvgIpc) is 3.25. The SMILES string of the molecule is CCCCC/C=C/C/C=C/C/C=C/CCCCCCC(=O)OC[C@H](COP(=O)(O)OC[C@@H](O)CO)OC(=O)CCCCCCCCCCCCC/C=C/CCCCCCCC. The van der Waals surface area contributed by atoms with Crippen LogP contribution in [0.2, 0.25) is 0 Å². The van der Waals surface area contributed by atoms with Gasteiger partial charge in [-0.05, 0) is 77.0 Å². The summed E-state index contributed by atoms with van der Waals surface area (Å²) in [6.45, 7) is 2.34. The van der Waals surface area contributed by atoms with Crippen LogP contribution in [0, 0.1) is 0 Å². The Hall–Kier alpha value is -2.07. The van der Waals surface area contributed by atoms with E-state index in [2.05, 4.69) is 62.5 Å². The third kappa shape index (κ3) is 45.8. The first-order valence-corrected chi connectivity index (χ1v) is 26.1. The van der Waals surface area contributed by atoms with Crippen LogP contribution in [0.25, 0.3) is 0 Å². The lowest BCUT2D eigenvalue weighted by atomic mass is 10.0. The number of unbranched alkanes of at least 4 members (excludes halogenated alkanes) is 24. The highest BCUT2D eigenvalue weighted by molar-refractivity contribution is 7.47. The molecule has 1 unspecified atom stereocenters. The normalized spacial score (nSPS) is 14.1. The van der Waals surface area contributed by atoms with Crippen LogP contribution in [-0.2, 0) is 32.7 Å². The molecule has 0 aliphatic rings. The van der Waals surface area contributed by atoms with Gasteiger partial charge in [-0.25, -0.2) is 4.57 Å². The van der Waals surface area contributed by atoms with Crippen molar-refractivity contribution in [3.05, 3.63) is 48.6 Å². The van der Waals surface area contributed by atoms with Crippen molar-refractivity contribution >= 4 is 19.8 Å². The molecule has 0 aromatic carbocycles. The highest BCUT2D eigenvalue weighted by Crippen LogP contribution is 2.43. The Labute approximate surface area is 373 Å². The molecule has 0 aromatic heterocycles. The van der Waals surface area contributed by atoms with Crippen LogP contribution in [0.1, 0.15) is 219 Å². The van der Waals surface area contributed by atoms with E-state index in [0.717, 1.165) is 57.8 Å². The average molecular weight is 883 g/mol. The molecular formula is C50H91O10P. The standard InChI is InChI=1S/C50H91O10P/c1-3-5-7-9-11-13-15-17-19-21-22-23-24-26-28-30-32-34-36-38-40-42-50(54)60-48(46-59-61(55,56)58-44-47(52)43-51)45-57-49(53)41-39-37-35-33-31-29-27-25-20-18-16-14-12-10-8-6-4-2/h12,14,17-20,27,29,47-48,51-52H,3-11,13,15-16,21-26,28,30-46H2,1-2H3,(H,55,56)/b14-12+,19-17+,20-18+,29-27+/t47-,48+/m0/s1. The molecular weight excluding hydrogens is 792 g/mol. The molecule has 0 spiro atoms. The molecule has 0 bridgehead atoms. The summed E-state index contributed by atoms with van der Waals surface area (Å²) in [5.41, 5.74) is 0. The van der Waals surface area contributed by atoms with Gasteiger partial charge < -0.3 is 24.6 Å². The van der Waals surface area contributed by atoms with Gasteiger partial charge in [0.1, 0.15) is 12.7 Å². The summed E-state index contributed by atoms with van der Waals surface area (Å²) >= 11 is 0. The Morgan fingerprint density at radius 3 is 1.33 bits per heavy atom. The van der Waals surface area contributed by atoms with E-state index in [-0.39, 0.29) is 19.4 Å². The lowest BCUT2D eigenvalue weighted by molar-refractivity contribution is -0.161. The van der Waals surface area contributed by atoms with Crippen molar-refractivity contribution in [1.82, 2.24) is 0 Å². The minimum Gasteiger partial charge on any atom is -0.462 e. The van der Waals surface area contributed by atoms with E-state index >= 15 is 0 Å². The molecule has 0 radical (unpaired) electrons. The fourth-order valence-electron chi connectivity index (χ4n) is 6.64. The van der Waals surface area contributed by atoms with Crippen molar-refractivity contribution in [2.24, 2.45) is 0 Å². The zero-order chi connectivity index (χ0) is 44.8. The van der Waals surface area contributed by atoms with Crippen molar-refractivity contribution in [2.45, 2.75) is 232 Å². The number of phosphoric ester groups is 1. The van der Waals surface area contributed by atoms with Gasteiger partial charge in [0.2, 0.25) is 0 Å². The van der Waals surface area contributed by atoms with Crippen molar-refractivity contribution in [1.29, 1.82) is 0 Å². The predicted molar refractivity (Wildman–Crippen MR) is 251 cm³/mol. The van der Waals surface area contributed by atoms with Crippen LogP contribution < -0.4 is 0 Å². The number of aliphatic hydroxyl groups is 2. The number of hydrogen-bond donors (Lipinski definition) is 3. The maximum atomic E-state index is 12.7. The van der Waals surface area contributed by atoms with Crippen LogP contribution >= 0.6 is 7.82 Å². The largest absolute Gasteiger partial charge is 0.472 e. The maximum absolute atomic E-state index is 12.7. The quantitative estimate of drug-likeness (QED) is 0.0233. The summed E-state index contributed by atoms with van der Waals surface area (Å²) in [5.74, 6) is -0.947. The van der Waals surface area contributed by atoms with Crippen LogP contribution in [0.15, 0.2) is 48.6 Å². The molecule has 356 valence electrons. The van der Waals surface area contributed by atoms with Crippen molar-refractivity contribution < 1.29 is 47.8 Å². The Bertz CT molecular complexity index is 1150. The summed E-state index contributed by atoms with van der Waals surface area (Å²) in [5, 5.41) is 18.4. The molecule has 0 heterocycles. The van der Waals surface area contributed by atoms with Gasteiger partial charge in [0, 0.05) is 12.8 Å². The molecule has 61 heavy (non-hydrogen) atoms. The van der Waals surface area contributed by atoms with Gasteiger partial charge in [-0.15, -0.1) is 0 Å². The first-order valence-electron chi connectivity index (χ1n) is 24.6. The van der Waals surface area contributed by atoms with Crippen LogP contribution in [0.4, 0.5) is 0 Å². The van der Waals surface area contributed by atoms with E-state index in [1.165, 1.54) is 122 Å². The van der Waals surface area contributed by atoms with E-state index in [4.69, 9.17) is 23.6 Å². The van der Waals surface area contributed by atoms with Gasteiger partial charge >= 0.3 is 19.8 Å². The van der Waals surface area contributed by atoms with Crippen LogP contribution in [-0.4, -0.2) is 65.7 Å². The third-order valence-electron chi connectivity index (χ3n) is 10.5. The highest BCUT2D eigenvalue weighted by Gasteiger charge is 2.27. The zero-order valence-corrected chi connectivity index (χ0v) is 39.8. The van der Waals surface area contributed by atoms with Gasteiger partial charge in [0.05, 0.1) is 19.8 Å². The molecule has 3 N–H and O–H groups in total. The van der Waals surface area contributed by atoms with Crippen molar-refractivity contribution in [2.75, 3.05) is 26.4 Å². The summed E-state index contributed by atoms with van der Waals surface area (Å²) in [6, 6.07) is 0. The molecule has 0 aliphatic heterocycles. The van der Waals surface area contributed by atoms with E-state index in [9.17, 15) is 24.2 Å². The van der Waals surface area contributed by atoms with E-state index in [0.29, 0.717) is 12.8 Å². The number of carbonyl (C=O) groups excluding carboxylic acids is 2. The summed E-state index contributed by atoms with van der Waals surface area (Å²) in [6.07, 6.45) is 50.7. The van der Waals surface area contributed by atoms with E-state index < -0.39 is 51.8 Å². The number of carbonyl (C=O) groups is 2. The Kier molecular flexibility index (Phi) is 44.4. The maximum Gasteiger partial charge on any atom is 0.472 e. The van der Waals surface area contributed by atoms with Gasteiger partial charge in [-0.1, -0.05) is 178 Å². The number of allylic oxidation sites excluding steroid dienone is 8. The van der Waals surface area contributed by atoms with Crippen molar-refractivity contribution in [3.63, 3.8) is 0 Å². The molecule has 10 nitrogen and oxygen atoms in total. The molecule has 0 fully saturated rings. The first-order chi connectivity index (χ1) is 29.7. The number of esters is 2. The molecule has 0 saturated heterocycles. The third-order valence-corrected chi connectivity index (χ3v) is 11.4. The molecule has 0 amide bonds. The Morgan fingerprint density at radius 2 is 0.852 bits per heavy atom. The Balaban J connectivity index is 4.24. The minimum atomic E-state index is -4.63. The van der Waals surface area contributed by atoms with Crippen LogP contribution in [0.5, 0.6) is 0 Å². The number of ether oxygens (including phenoxy) is 2. The Morgan fingerprint density at radius 1 is 0.492 bits per heavy atom. The summed E-state index contributed by atoms with van der Waals surface area (Å²) in [7, 11) is -4.63. The first kappa shape index (κ1) is 58.9. The number of hydrogen-bond acceptors (Lipinski definition) is 9. The number of rotatable bonds is 46. The topological polar surface area (TPSA) is 149 Å². The van der Waals surface area contributed by atoms with Crippen molar-refractivity contribution in [3.8, 4) is 0 Å². The second-order valence-electron chi connectivity index (χ2n) is 16.5. The predicted octanol–water partition coefficient (Wildman–Crippen LogP) is 13.7. The van der Waals surface area contributed by atoms with Gasteiger partial charge in [-0.2, -0.15) is 0 Å². The fraction of sp³-hybridized carbons (Fsp3) is 0.800. The summed E-state index contributed by atoms with van der Waals surface area (Å²) < 4.78 is 32.8. The van der Waals surface area contributed by atoms with Gasteiger partial charge in [0.15, 0.2) is 6.10 Å². The lowest BCUT2D eigenvalue weighted by Crippen LogP contribution is -2.29. The molecule has 0 aromatic rings. The zero-order valence-electron chi connectivity index (χ0n) is 38.9. The number of aliphatic hydroxyl groups excluding tert-OH is 2. The number of phosphoric acid groups is 1. The van der Waals surface area contributed by atoms with Crippen LogP contribution in [0.3, 0.4) is 0 Å². The van der Waals surface area contributed by atoms with E-state index in [1.54, 1.807) is 0 Å². The smallest absolute Gasteiger partial charge is 0.462 e. The second-order valence-corrected chi connectivity index (χ2v) is 17.9. The minimum absolute atomic E-state index is 0.178. The highest BCUT2D eigenvalue weighted by atomic mass is 31.2. The van der Waals surface area contributed by atoms with Gasteiger partial charge in [0.25, 0.3) is 0 Å². The molecule has 11 heteroatoms. The lowest BCUT2D eigenvalue weighted by Gasteiger charge is -2.20. The molecule has 3 atom stereocenters.